The number of hydrogen-bond donors (Lipinski definition) is 0. The summed E-state index contributed by atoms with van der Waals surface area (Å²) in [6.45, 7) is 0. The lowest BCUT2D eigenvalue weighted by atomic mass is 10.0. The Kier molecular flexibility index (Phi) is 3.32. The normalized spacial score (nSPS) is 10.8. The summed E-state index contributed by atoms with van der Waals surface area (Å²) in [5, 5.41) is 1.02. The zero-order valence-electron chi connectivity index (χ0n) is 10.2. The number of halogens is 3. The summed E-state index contributed by atoms with van der Waals surface area (Å²) in [6.07, 6.45) is -2.29. The van der Waals surface area contributed by atoms with E-state index in [1.807, 2.05) is 30.3 Å². The van der Waals surface area contributed by atoms with Crippen molar-refractivity contribution < 1.29 is 13.2 Å². The minimum absolute atomic E-state index is 0.0703. The number of fused-ring (bicyclic) bond motifs is 1. The minimum atomic E-state index is -2.29. The molecule has 1 aromatic heterocycles. The first-order valence-corrected chi connectivity index (χ1v) is 6.77. The lowest BCUT2D eigenvalue weighted by Gasteiger charge is -2.04. The highest BCUT2D eigenvalue weighted by Crippen LogP contribution is 2.38. The van der Waals surface area contributed by atoms with Gasteiger partial charge in [-0.25, -0.2) is 4.39 Å². The van der Waals surface area contributed by atoms with Gasteiger partial charge in [-0.05, 0) is 17.5 Å². The maximum absolute atomic E-state index is 13.6. The van der Waals surface area contributed by atoms with Crippen LogP contribution in [0.2, 0.25) is 0 Å². The van der Waals surface area contributed by atoms with Crippen LogP contribution in [-0.4, -0.2) is 0 Å². The number of hydrogen-bond acceptors (Lipinski definition) is 1. The molecule has 1 heterocycles. The third kappa shape index (κ3) is 2.23. The van der Waals surface area contributed by atoms with Gasteiger partial charge in [-0.1, -0.05) is 42.5 Å². The summed E-state index contributed by atoms with van der Waals surface area (Å²) in [7, 11) is 0. The molecule has 0 bridgehead atoms. The fourth-order valence-corrected chi connectivity index (χ4v) is 3.21. The van der Waals surface area contributed by atoms with Crippen molar-refractivity contribution in [2.75, 3.05) is 0 Å². The second kappa shape index (κ2) is 5.13. The Morgan fingerprint density at radius 3 is 2.30 bits per heavy atom. The third-order valence-electron chi connectivity index (χ3n) is 3.02. The fourth-order valence-electron chi connectivity index (χ4n) is 2.11. The van der Waals surface area contributed by atoms with E-state index >= 15 is 0 Å². The maximum atomic E-state index is 13.6. The molecule has 0 N–H and O–H groups in total. The largest absolute Gasteiger partial charge is 0.306 e. The minimum Gasteiger partial charge on any atom is -0.200 e. The highest BCUT2D eigenvalue weighted by Gasteiger charge is 2.15. The topological polar surface area (TPSA) is 0 Å². The van der Waals surface area contributed by atoms with E-state index < -0.39 is 11.9 Å². The van der Waals surface area contributed by atoms with Crippen LogP contribution in [0.25, 0.3) is 26.4 Å². The molecule has 100 valence electrons. The molecule has 0 aliphatic carbocycles. The van der Waals surface area contributed by atoms with Crippen LogP contribution in [0, 0.1) is 0 Å². The molecule has 2 aromatic carbocycles. The van der Waals surface area contributed by atoms with Crippen molar-refractivity contribution in [3.05, 3.63) is 66.2 Å². The van der Waals surface area contributed by atoms with Crippen LogP contribution in [0.1, 0.15) is 5.56 Å². The molecule has 0 fully saturated rings. The van der Waals surface area contributed by atoms with Crippen LogP contribution in [0.3, 0.4) is 0 Å². The van der Waals surface area contributed by atoms with E-state index in [1.54, 1.807) is 18.2 Å². The molecule has 0 spiro atoms. The second-order valence-corrected chi connectivity index (χ2v) is 5.35. The SMILES string of the molecule is FC(F)=C(F)c1ccccc1-c1cc2ccccc2s1. The average molecular weight is 290 g/mol. The van der Waals surface area contributed by atoms with Crippen LogP contribution in [0.15, 0.2) is 60.7 Å². The standard InChI is InChI=1S/C16H9F3S/c17-15(16(18)19)12-7-3-2-6-11(12)14-9-10-5-1-4-8-13(10)20-14/h1-9H. The van der Waals surface area contributed by atoms with Gasteiger partial charge in [0, 0.05) is 20.7 Å². The molecule has 0 saturated heterocycles. The first kappa shape index (κ1) is 12.9. The van der Waals surface area contributed by atoms with E-state index in [0.29, 0.717) is 5.56 Å². The predicted molar refractivity (Wildman–Crippen MR) is 77.5 cm³/mol. The molecule has 0 aliphatic rings. The van der Waals surface area contributed by atoms with Crippen LogP contribution >= 0.6 is 11.3 Å². The monoisotopic (exact) mass is 290 g/mol. The molecule has 0 saturated carbocycles. The summed E-state index contributed by atoms with van der Waals surface area (Å²) in [5.41, 5.74) is 0.415. The molecule has 0 amide bonds. The van der Waals surface area contributed by atoms with Gasteiger partial charge in [-0.3, -0.25) is 0 Å². The van der Waals surface area contributed by atoms with Crippen molar-refractivity contribution in [2.24, 2.45) is 0 Å². The van der Waals surface area contributed by atoms with E-state index in [-0.39, 0.29) is 5.56 Å². The van der Waals surface area contributed by atoms with Crippen LogP contribution in [0.5, 0.6) is 0 Å². The highest BCUT2D eigenvalue weighted by atomic mass is 32.1. The Bertz CT molecular complexity index is 765. The molecular weight excluding hydrogens is 281 g/mol. The zero-order chi connectivity index (χ0) is 14.1. The van der Waals surface area contributed by atoms with E-state index in [0.717, 1.165) is 15.0 Å². The fraction of sp³-hybridized carbons (Fsp3) is 0. The van der Waals surface area contributed by atoms with Crippen molar-refractivity contribution in [1.29, 1.82) is 0 Å². The molecule has 0 aliphatic heterocycles. The lowest BCUT2D eigenvalue weighted by molar-refractivity contribution is 0.410. The Balaban J connectivity index is 2.22. The van der Waals surface area contributed by atoms with E-state index in [2.05, 4.69) is 0 Å². The summed E-state index contributed by atoms with van der Waals surface area (Å²) in [6, 6.07) is 15.9. The Labute approximate surface area is 117 Å². The van der Waals surface area contributed by atoms with Gasteiger partial charge in [0.15, 0.2) is 5.83 Å². The van der Waals surface area contributed by atoms with Crippen molar-refractivity contribution >= 4 is 27.2 Å². The molecule has 0 unspecified atom stereocenters. The van der Waals surface area contributed by atoms with Gasteiger partial charge >= 0.3 is 6.08 Å². The van der Waals surface area contributed by atoms with E-state index in [1.165, 1.54) is 17.4 Å². The molecule has 3 rings (SSSR count). The van der Waals surface area contributed by atoms with E-state index in [9.17, 15) is 13.2 Å². The quantitative estimate of drug-likeness (QED) is 0.534. The Hall–Kier alpha value is -2.07. The van der Waals surface area contributed by atoms with Gasteiger partial charge < -0.3 is 0 Å². The first-order chi connectivity index (χ1) is 9.66. The molecule has 0 atom stereocenters. The zero-order valence-corrected chi connectivity index (χ0v) is 11.1. The number of thiophene rings is 1. The van der Waals surface area contributed by atoms with Crippen LogP contribution in [0.4, 0.5) is 13.2 Å². The molecule has 0 nitrogen and oxygen atoms in total. The molecule has 0 radical (unpaired) electrons. The summed E-state index contributed by atoms with van der Waals surface area (Å²) >= 11 is 1.46. The van der Waals surface area contributed by atoms with Gasteiger partial charge in [0.25, 0.3) is 0 Å². The van der Waals surface area contributed by atoms with E-state index in [4.69, 9.17) is 0 Å². The summed E-state index contributed by atoms with van der Waals surface area (Å²) in [4.78, 5) is 0.776. The van der Waals surface area contributed by atoms with Gasteiger partial charge in [-0.2, -0.15) is 8.78 Å². The smallest absolute Gasteiger partial charge is 0.200 e. The van der Waals surface area contributed by atoms with Crippen molar-refractivity contribution in [3.8, 4) is 10.4 Å². The van der Waals surface area contributed by atoms with Gasteiger partial charge in [0.2, 0.25) is 0 Å². The Morgan fingerprint density at radius 2 is 1.55 bits per heavy atom. The maximum Gasteiger partial charge on any atom is 0.306 e. The van der Waals surface area contributed by atoms with Crippen LogP contribution in [-0.2, 0) is 0 Å². The molecular formula is C16H9F3S. The number of benzene rings is 2. The molecule has 4 heteroatoms. The van der Waals surface area contributed by atoms with Crippen molar-refractivity contribution in [3.63, 3.8) is 0 Å². The second-order valence-electron chi connectivity index (χ2n) is 4.27. The highest BCUT2D eigenvalue weighted by molar-refractivity contribution is 7.22. The summed E-state index contributed by atoms with van der Waals surface area (Å²) in [5.74, 6) is -1.46. The van der Waals surface area contributed by atoms with Gasteiger partial charge in [-0.15, -0.1) is 11.3 Å². The number of rotatable bonds is 2. The van der Waals surface area contributed by atoms with Crippen molar-refractivity contribution in [1.82, 2.24) is 0 Å². The lowest BCUT2D eigenvalue weighted by Crippen LogP contribution is -1.84. The first-order valence-electron chi connectivity index (χ1n) is 5.96. The third-order valence-corrected chi connectivity index (χ3v) is 4.17. The summed E-state index contributed by atoms with van der Waals surface area (Å²) < 4.78 is 39.7. The Morgan fingerprint density at radius 1 is 0.850 bits per heavy atom. The van der Waals surface area contributed by atoms with Crippen LogP contribution < -0.4 is 0 Å². The predicted octanol–water partition coefficient (Wildman–Crippen LogP) is 6.10. The molecule has 3 aromatic rings. The van der Waals surface area contributed by atoms with Gasteiger partial charge in [0.05, 0.1) is 0 Å². The molecule has 20 heavy (non-hydrogen) atoms. The van der Waals surface area contributed by atoms with Crippen molar-refractivity contribution in [2.45, 2.75) is 0 Å². The average Bonchev–Trinajstić information content (AvgIpc) is 2.90. The van der Waals surface area contributed by atoms with Gasteiger partial charge in [0.1, 0.15) is 0 Å².